The Morgan fingerprint density at radius 3 is 2.55 bits per heavy atom. The third-order valence-electron chi connectivity index (χ3n) is 5.52. The van der Waals surface area contributed by atoms with Crippen molar-refractivity contribution in [2.75, 3.05) is 0 Å². The van der Waals surface area contributed by atoms with Crippen LogP contribution in [0.25, 0.3) is 16.8 Å². The molecule has 0 saturated carbocycles. The lowest BCUT2D eigenvalue weighted by atomic mass is 9.93. The summed E-state index contributed by atoms with van der Waals surface area (Å²) in [6.45, 7) is 3.53. The standard InChI is InChI=1S/C25H24N2O2/c1-17(21-13-7-10-19-8-3-5-11-22(19)21)26-25(29)16-24-23-12-6-4-9-20(23)14-15-27(24)18(2)28/h3-15,17,24H,16H2,1-2H3,(H,26,29)/t17-,24-/m0/s1. The molecule has 0 saturated heterocycles. The number of hydrogen-bond acceptors (Lipinski definition) is 2. The Morgan fingerprint density at radius 2 is 1.72 bits per heavy atom. The molecule has 4 nitrogen and oxygen atoms in total. The molecule has 29 heavy (non-hydrogen) atoms. The van der Waals surface area contributed by atoms with Crippen LogP contribution < -0.4 is 5.32 Å². The van der Waals surface area contributed by atoms with Gasteiger partial charge in [-0.05, 0) is 40.5 Å². The van der Waals surface area contributed by atoms with E-state index in [1.165, 1.54) is 6.92 Å². The summed E-state index contributed by atoms with van der Waals surface area (Å²) in [5.41, 5.74) is 3.13. The largest absolute Gasteiger partial charge is 0.349 e. The molecule has 0 spiro atoms. The van der Waals surface area contributed by atoms with E-state index in [0.29, 0.717) is 0 Å². The van der Waals surface area contributed by atoms with Crippen molar-refractivity contribution in [1.29, 1.82) is 0 Å². The minimum absolute atomic E-state index is 0.0735. The Labute approximate surface area is 170 Å². The molecule has 1 heterocycles. The summed E-state index contributed by atoms with van der Waals surface area (Å²) in [4.78, 5) is 26.7. The van der Waals surface area contributed by atoms with Crippen LogP contribution in [0.15, 0.2) is 72.9 Å². The van der Waals surface area contributed by atoms with Gasteiger partial charge in [-0.25, -0.2) is 0 Å². The summed E-state index contributed by atoms with van der Waals surface area (Å²) in [5.74, 6) is -0.151. The van der Waals surface area contributed by atoms with Crippen LogP contribution in [0.1, 0.15) is 49.0 Å². The predicted octanol–water partition coefficient (Wildman–Crippen LogP) is 4.98. The van der Waals surface area contributed by atoms with Crippen LogP contribution in [-0.2, 0) is 9.59 Å². The van der Waals surface area contributed by atoms with Gasteiger partial charge in [-0.3, -0.25) is 9.59 Å². The van der Waals surface area contributed by atoms with Gasteiger partial charge in [0.1, 0.15) is 0 Å². The second kappa shape index (κ2) is 7.92. The first-order valence-corrected chi connectivity index (χ1v) is 9.87. The average molecular weight is 384 g/mol. The molecule has 3 aromatic rings. The fourth-order valence-corrected chi connectivity index (χ4v) is 4.10. The number of amides is 2. The molecule has 146 valence electrons. The van der Waals surface area contributed by atoms with E-state index < -0.39 is 0 Å². The number of benzene rings is 3. The fraction of sp³-hybridized carbons (Fsp3) is 0.200. The highest BCUT2D eigenvalue weighted by molar-refractivity contribution is 5.87. The number of nitrogens with one attached hydrogen (secondary N) is 1. The number of carbonyl (C=O) groups excluding carboxylic acids is 2. The molecule has 0 aliphatic carbocycles. The molecule has 4 rings (SSSR count). The van der Waals surface area contributed by atoms with Gasteiger partial charge >= 0.3 is 0 Å². The van der Waals surface area contributed by atoms with E-state index in [0.717, 1.165) is 27.5 Å². The Bertz CT molecular complexity index is 1100. The normalized spacial score (nSPS) is 16.3. The molecule has 0 radical (unpaired) electrons. The predicted molar refractivity (Wildman–Crippen MR) is 116 cm³/mol. The monoisotopic (exact) mass is 384 g/mol. The van der Waals surface area contributed by atoms with Crippen LogP contribution in [0, 0.1) is 0 Å². The van der Waals surface area contributed by atoms with E-state index >= 15 is 0 Å². The zero-order chi connectivity index (χ0) is 20.4. The molecule has 0 fully saturated rings. The van der Waals surface area contributed by atoms with E-state index in [1.54, 1.807) is 11.1 Å². The Morgan fingerprint density at radius 1 is 1.00 bits per heavy atom. The lowest BCUT2D eigenvalue weighted by molar-refractivity contribution is -0.130. The summed E-state index contributed by atoms with van der Waals surface area (Å²) in [6, 6.07) is 21.8. The number of carbonyl (C=O) groups is 2. The van der Waals surface area contributed by atoms with E-state index in [-0.39, 0.29) is 30.3 Å². The lowest BCUT2D eigenvalue weighted by Crippen LogP contribution is -2.36. The minimum Gasteiger partial charge on any atom is -0.349 e. The van der Waals surface area contributed by atoms with Crippen molar-refractivity contribution in [3.05, 3.63) is 89.6 Å². The summed E-state index contributed by atoms with van der Waals surface area (Å²) in [7, 11) is 0. The van der Waals surface area contributed by atoms with Crippen LogP contribution in [0.5, 0.6) is 0 Å². The van der Waals surface area contributed by atoms with Gasteiger partial charge in [0.25, 0.3) is 0 Å². The van der Waals surface area contributed by atoms with Crippen molar-refractivity contribution in [2.24, 2.45) is 0 Å². The quantitative estimate of drug-likeness (QED) is 0.690. The summed E-state index contributed by atoms with van der Waals surface area (Å²) in [5, 5.41) is 5.42. The minimum atomic E-state index is -0.298. The van der Waals surface area contributed by atoms with Gasteiger partial charge in [-0.15, -0.1) is 0 Å². The van der Waals surface area contributed by atoms with Gasteiger partial charge in [0, 0.05) is 13.1 Å². The summed E-state index contributed by atoms with van der Waals surface area (Å²) < 4.78 is 0. The molecule has 0 aromatic heterocycles. The molecule has 2 atom stereocenters. The van der Waals surface area contributed by atoms with Crippen molar-refractivity contribution >= 4 is 28.7 Å². The molecule has 2 amide bonds. The highest BCUT2D eigenvalue weighted by atomic mass is 16.2. The topological polar surface area (TPSA) is 49.4 Å². The highest BCUT2D eigenvalue weighted by Crippen LogP contribution is 2.33. The first kappa shape index (κ1) is 18.9. The maximum atomic E-state index is 12.9. The Kier molecular flexibility index (Phi) is 5.17. The summed E-state index contributed by atoms with van der Waals surface area (Å²) >= 11 is 0. The van der Waals surface area contributed by atoms with E-state index in [4.69, 9.17) is 0 Å². The number of rotatable bonds is 4. The van der Waals surface area contributed by atoms with Crippen molar-refractivity contribution < 1.29 is 9.59 Å². The maximum absolute atomic E-state index is 12.9. The van der Waals surface area contributed by atoms with Crippen molar-refractivity contribution in [3.8, 4) is 0 Å². The molecule has 1 aliphatic heterocycles. The van der Waals surface area contributed by atoms with E-state index in [9.17, 15) is 9.59 Å². The Hall–Kier alpha value is -3.40. The van der Waals surface area contributed by atoms with Crippen molar-refractivity contribution in [1.82, 2.24) is 10.2 Å². The Balaban J connectivity index is 1.55. The van der Waals surface area contributed by atoms with Gasteiger partial charge in [0.15, 0.2) is 0 Å². The number of nitrogens with zero attached hydrogens (tertiary/aromatic N) is 1. The SMILES string of the molecule is CC(=O)N1C=Cc2ccccc2[C@@H]1CC(=O)N[C@@H](C)c1cccc2ccccc12. The van der Waals surface area contributed by atoms with Crippen LogP contribution >= 0.6 is 0 Å². The first-order valence-electron chi connectivity index (χ1n) is 9.87. The van der Waals surface area contributed by atoms with Gasteiger partial charge in [-0.2, -0.15) is 0 Å². The average Bonchev–Trinajstić information content (AvgIpc) is 2.73. The van der Waals surface area contributed by atoms with Crippen LogP contribution in [-0.4, -0.2) is 16.7 Å². The molecule has 1 aliphatic rings. The maximum Gasteiger partial charge on any atom is 0.223 e. The van der Waals surface area contributed by atoms with Crippen molar-refractivity contribution in [3.63, 3.8) is 0 Å². The molecule has 3 aromatic carbocycles. The van der Waals surface area contributed by atoms with Gasteiger partial charge in [0.2, 0.25) is 11.8 Å². The van der Waals surface area contributed by atoms with Gasteiger partial charge < -0.3 is 10.2 Å². The van der Waals surface area contributed by atoms with Crippen LogP contribution in [0.2, 0.25) is 0 Å². The second-order valence-corrected chi connectivity index (χ2v) is 7.45. The van der Waals surface area contributed by atoms with E-state index in [2.05, 4.69) is 23.5 Å². The molecule has 0 bridgehead atoms. The second-order valence-electron chi connectivity index (χ2n) is 7.45. The highest BCUT2D eigenvalue weighted by Gasteiger charge is 2.28. The molecular weight excluding hydrogens is 360 g/mol. The van der Waals surface area contributed by atoms with Gasteiger partial charge in [-0.1, -0.05) is 66.7 Å². The zero-order valence-corrected chi connectivity index (χ0v) is 16.6. The smallest absolute Gasteiger partial charge is 0.223 e. The number of fused-ring (bicyclic) bond motifs is 2. The van der Waals surface area contributed by atoms with E-state index in [1.807, 2.05) is 61.5 Å². The lowest BCUT2D eigenvalue weighted by Gasteiger charge is -2.32. The van der Waals surface area contributed by atoms with Crippen molar-refractivity contribution in [2.45, 2.75) is 32.4 Å². The fourth-order valence-electron chi connectivity index (χ4n) is 4.10. The molecular formula is C25H24N2O2. The third-order valence-corrected chi connectivity index (χ3v) is 5.52. The molecule has 0 unspecified atom stereocenters. The zero-order valence-electron chi connectivity index (χ0n) is 16.6. The van der Waals surface area contributed by atoms with Gasteiger partial charge in [0.05, 0.1) is 18.5 Å². The molecule has 4 heteroatoms. The number of hydrogen-bond donors (Lipinski definition) is 1. The summed E-state index contributed by atoms with van der Waals surface area (Å²) in [6.07, 6.45) is 3.91. The van der Waals surface area contributed by atoms with Crippen LogP contribution in [0.3, 0.4) is 0 Å². The third kappa shape index (κ3) is 3.79. The first-order chi connectivity index (χ1) is 14.0. The van der Waals surface area contributed by atoms with Crippen LogP contribution in [0.4, 0.5) is 0 Å². The molecule has 1 N–H and O–H groups in total.